The van der Waals surface area contributed by atoms with E-state index in [0.29, 0.717) is 49.2 Å². The molecule has 1 saturated heterocycles. The van der Waals surface area contributed by atoms with Gasteiger partial charge in [0.1, 0.15) is 5.70 Å². The quantitative estimate of drug-likeness (QED) is 0.518. The number of benzene rings is 1. The first-order valence-electron chi connectivity index (χ1n) is 9.72. The van der Waals surface area contributed by atoms with Crippen molar-refractivity contribution in [3.63, 3.8) is 0 Å². The molecule has 1 aliphatic heterocycles. The van der Waals surface area contributed by atoms with E-state index in [1.54, 1.807) is 12.1 Å². The summed E-state index contributed by atoms with van der Waals surface area (Å²) in [4.78, 5) is 39.6. The molecular weight excluding hydrogens is 410 g/mol. The highest BCUT2D eigenvalue weighted by atomic mass is 35.5. The first-order chi connectivity index (χ1) is 14.2. The van der Waals surface area contributed by atoms with E-state index in [1.165, 1.54) is 14.2 Å². The van der Waals surface area contributed by atoms with E-state index < -0.39 is 11.9 Å². The van der Waals surface area contributed by atoms with E-state index in [2.05, 4.69) is 19.7 Å². The lowest BCUT2D eigenvalue weighted by molar-refractivity contribution is -0.138. The summed E-state index contributed by atoms with van der Waals surface area (Å²) in [6.07, 6.45) is 1.57. The number of nitrogens with zero attached hydrogens (tertiary/aromatic N) is 2. The summed E-state index contributed by atoms with van der Waals surface area (Å²) in [5.41, 5.74) is 1.30. The number of carbonyl (C=O) groups excluding carboxylic acids is 3. The number of hydrogen-bond donors (Lipinski definition) is 1. The average molecular weight is 438 g/mol. The van der Waals surface area contributed by atoms with Crippen LogP contribution in [0.2, 0.25) is 5.02 Å². The Kier molecular flexibility index (Phi) is 8.53. The Morgan fingerprint density at radius 1 is 1.13 bits per heavy atom. The number of carbonyl (C=O) groups is 3. The molecule has 1 aromatic rings. The van der Waals surface area contributed by atoms with E-state index in [0.717, 1.165) is 11.8 Å². The highest BCUT2D eigenvalue weighted by Gasteiger charge is 2.23. The Hall–Kier alpha value is -2.74. The van der Waals surface area contributed by atoms with Crippen molar-refractivity contribution in [2.24, 2.45) is 5.92 Å². The van der Waals surface area contributed by atoms with Crippen molar-refractivity contribution in [3.05, 3.63) is 35.0 Å². The molecule has 1 aliphatic rings. The van der Waals surface area contributed by atoms with E-state index in [-0.39, 0.29) is 11.6 Å². The van der Waals surface area contributed by atoms with Gasteiger partial charge in [-0.3, -0.25) is 4.79 Å². The van der Waals surface area contributed by atoms with Crippen molar-refractivity contribution in [3.8, 4) is 0 Å². The molecule has 0 saturated carbocycles. The fourth-order valence-electron chi connectivity index (χ4n) is 3.10. The smallest absolute Gasteiger partial charge is 0.354 e. The molecule has 0 radical (unpaired) electrons. The average Bonchev–Trinajstić information content (AvgIpc) is 2.72. The molecule has 0 aromatic heterocycles. The van der Waals surface area contributed by atoms with Crippen LogP contribution in [0.5, 0.6) is 0 Å². The van der Waals surface area contributed by atoms with E-state index in [4.69, 9.17) is 11.6 Å². The summed E-state index contributed by atoms with van der Waals surface area (Å²) in [6.45, 7) is 6.75. The van der Waals surface area contributed by atoms with Gasteiger partial charge in [-0.05, 0) is 24.1 Å². The summed E-state index contributed by atoms with van der Waals surface area (Å²) in [7, 11) is 2.44. The number of rotatable bonds is 7. The lowest BCUT2D eigenvalue weighted by Gasteiger charge is -2.37. The number of ether oxygens (including phenoxy) is 2. The van der Waals surface area contributed by atoms with E-state index in [1.807, 2.05) is 24.8 Å². The monoisotopic (exact) mass is 437 g/mol. The highest BCUT2D eigenvalue weighted by molar-refractivity contribution is 6.33. The maximum Gasteiger partial charge on any atom is 0.354 e. The van der Waals surface area contributed by atoms with Crippen LogP contribution in [0.1, 0.15) is 20.3 Å². The predicted molar refractivity (Wildman–Crippen MR) is 115 cm³/mol. The summed E-state index contributed by atoms with van der Waals surface area (Å²) < 4.78 is 9.24. The number of piperazine rings is 1. The lowest BCUT2D eigenvalue weighted by Crippen LogP contribution is -2.49. The molecule has 1 N–H and O–H groups in total. The van der Waals surface area contributed by atoms with Crippen molar-refractivity contribution < 1.29 is 23.9 Å². The van der Waals surface area contributed by atoms with Crippen LogP contribution < -0.4 is 10.2 Å². The summed E-state index contributed by atoms with van der Waals surface area (Å²) in [6, 6.07) is 5.26. The van der Waals surface area contributed by atoms with Crippen LogP contribution in [0, 0.1) is 5.92 Å². The first kappa shape index (κ1) is 23.5. The molecule has 8 nitrogen and oxygen atoms in total. The van der Waals surface area contributed by atoms with Crippen molar-refractivity contribution in [1.29, 1.82) is 0 Å². The number of hydrogen-bond acceptors (Lipinski definition) is 7. The van der Waals surface area contributed by atoms with Crippen molar-refractivity contribution in [2.75, 3.05) is 50.6 Å². The fourth-order valence-corrected chi connectivity index (χ4v) is 3.40. The number of esters is 2. The molecular formula is C21H28ClN3O5. The summed E-state index contributed by atoms with van der Waals surface area (Å²) >= 11 is 6.47. The van der Waals surface area contributed by atoms with E-state index >= 15 is 0 Å². The number of halogens is 1. The van der Waals surface area contributed by atoms with Crippen LogP contribution in [0.4, 0.5) is 11.4 Å². The molecule has 1 fully saturated rings. The van der Waals surface area contributed by atoms with Crippen molar-refractivity contribution in [1.82, 2.24) is 4.90 Å². The molecule has 164 valence electrons. The van der Waals surface area contributed by atoms with Crippen LogP contribution in [-0.4, -0.2) is 63.1 Å². The van der Waals surface area contributed by atoms with Crippen molar-refractivity contribution in [2.45, 2.75) is 20.3 Å². The molecule has 0 bridgehead atoms. The van der Waals surface area contributed by atoms with Crippen LogP contribution in [0.25, 0.3) is 0 Å². The first-order valence-corrected chi connectivity index (χ1v) is 10.1. The zero-order valence-corrected chi connectivity index (χ0v) is 18.5. The maximum absolute atomic E-state index is 12.2. The second kappa shape index (κ2) is 10.9. The minimum absolute atomic E-state index is 0.0644. The molecule has 1 aromatic carbocycles. The molecule has 0 aliphatic carbocycles. The van der Waals surface area contributed by atoms with Gasteiger partial charge in [-0.25, -0.2) is 9.59 Å². The molecule has 9 heteroatoms. The molecule has 1 heterocycles. The van der Waals surface area contributed by atoms with Crippen molar-refractivity contribution >= 4 is 40.8 Å². The molecule has 0 spiro atoms. The molecule has 1 amide bonds. The zero-order chi connectivity index (χ0) is 22.3. The van der Waals surface area contributed by atoms with Gasteiger partial charge < -0.3 is 24.6 Å². The number of amides is 1. The fraction of sp³-hybridized carbons (Fsp3) is 0.476. The maximum atomic E-state index is 12.2. The highest BCUT2D eigenvalue weighted by Crippen LogP contribution is 2.30. The van der Waals surface area contributed by atoms with Gasteiger partial charge in [-0.1, -0.05) is 25.4 Å². The third-order valence-electron chi connectivity index (χ3n) is 4.65. The minimum atomic E-state index is -0.706. The molecule has 30 heavy (non-hydrogen) atoms. The summed E-state index contributed by atoms with van der Waals surface area (Å²) in [5, 5.41) is 3.33. The zero-order valence-electron chi connectivity index (χ0n) is 17.7. The van der Waals surface area contributed by atoms with Crippen LogP contribution in [-0.2, 0) is 23.9 Å². The van der Waals surface area contributed by atoms with Gasteiger partial charge in [0.05, 0.1) is 31.0 Å². The molecule has 0 atom stereocenters. The minimum Gasteiger partial charge on any atom is -0.466 e. The lowest BCUT2D eigenvalue weighted by atomic mass is 10.1. The van der Waals surface area contributed by atoms with Gasteiger partial charge in [0, 0.05) is 38.3 Å². The standard InChI is InChI=1S/C21H28ClN3O5/c1-14(2)11-19(26)25-9-7-24(8-10-25)18-6-5-15(12-16(18)22)23-17(21(28)30-4)13-20(27)29-3/h5-6,12-14,23H,7-11H2,1-4H3/b17-13+. The predicted octanol–water partition coefficient (Wildman–Crippen LogP) is 2.68. The van der Waals surface area contributed by atoms with Gasteiger partial charge in [0.25, 0.3) is 0 Å². The second-order valence-corrected chi connectivity index (χ2v) is 7.74. The van der Waals surface area contributed by atoms with Gasteiger partial charge in [0.2, 0.25) is 5.91 Å². The van der Waals surface area contributed by atoms with E-state index in [9.17, 15) is 14.4 Å². The Bertz CT molecular complexity index is 817. The SMILES string of the molecule is COC(=O)/C=C(/Nc1ccc(N2CCN(C(=O)CC(C)C)CC2)c(Cl)c1)C(=O)OC. The Morgan fingerprint density at radius 3 is 2.33 bits per heavy atom. The Morgan fingerprint density at radius 2 is 1.80 bits per heavy atom. The largest absolute Gasteiger partial charge is 0.466 e. The Balaban J connectivity index is 2.07. The van der Waals surface area contributed by atoms with Gasteiger partial charge in [-0.2, -0.15) is 0 Å². The van der Waals surface area contributed by atoms with Crippen LogP contribution in [0.15, 0.2) is 30.0 Å². The van der Waals surface area contributed by atoms with Crippen LogP contribution >= 0.6 is 11.6 Å². The number of methoxy groups -OCH3 is 2. The number of anilines is 2. The van der Waals surface area contributed by atoms with Gasteiger partial charge >= 0.3 is 11.9 Å². The Labute approximate surface area is 181 Å². The summed E-state index contributed by atoms with van der Waals surface area (Å²) in [5.74, 6) is -0.866. The molecule has 0 unspecified atom stereocenters. The third-order valence-corrected chi connectivity index (χ3v) is 4.95. The number of nitrogens with one attached hydrogen (secondary N) is 1. The van der Waals surface area contributed by atoms with Gasteiger partial charge in [0.15, 0.2) is 0 Å². The third kappa shape index (κ3) is 6.38. The normalized spacial score (nSPS) is 14.5. The second-order valence-electron chi connectivity index (χ2n) is 7.33. The van der Waals surface area contributed by atoms with Crippen LogP contribution in [0.3, 0.4) is 0 Å². The van der Waals surface area contributed by atoms with Gasteiger partial charge in [-0.15, -0.1) is 0 Å². The topological polar surface area (TPSA) is 88.2 Å². The molecule has 2 rings (SSSR count).